The molecular weight excluding hydrogens is 282 g/mol. The number of halogens is 1. The molecule has 1 aliphatic carbocycles. The molecule has 0 bridgehead atoms. The van der Waals surface area contributed by atoms with Gasteiger partial charge in [0.25, 0.3) is 5.91 Å². The van der Waals surface area contributed by atoms with Crippen LogP contribution >= 0.6 is 15.9 Å². The van der Waals surface area contributed by atoms with E-state index in [0.29, 0.717) is 18.2 Å². The topological polar surface area (TPSA) is 68.0 Å². The molecule has 4 nitrogen and oxygen atoms in total. The first kappa shape index (κ1) is 12.5. The van der Waals surface area contributed by atoms with Crippen LogP contribution in [0.3, 0.4) is 0 Å². The highest BCUT2D eigenvalue weighted by Crippen LogP contribution is 2.24. The molecule has 5 heteroatoms. The van der Waals surface area contributed by atoms with Gasteiger partial charge in [-0.2, -0.15) is 0 Å². The summed E-state index contributed by atoms with van der Waals surface area (Å²) in [6, 6.07) is 3.74. The maximum Gasteiger partial charge on any atom is 0.270 e. The highest BCUT2D eigenvalue weighted by molar-refractivity contribution is 9.10. The van der Waals surface area contributed by atoms with Crippen molar-refractivity contribution in [3.05, 3.63) is 28.5 Å². The van der Waals surface area contributed by atoms with Crippen LogP contribution in [0.5, 0.6) is 0 Å². The molecule has 2 rings (SSSR count). The molecule has 1 heterocycles. The second-order valence-corrected chi connectivity index (χ2v) is 5.28. The van der Waals surface area contributed by atoms with Crippen LogP contribution in [0.15, 0.2) is 22.8 Å². The Labute approximate surface area is 109 Å². The van der Waals surface area contributed by atoms with Gasteiger partial charge in [-0.25, -0.2) is 4.98 Å². The second kappa shape index (κ2) is 5.60. The minimum absolute atomic E-state index is 0.108. The summed E-state index contributed by atoms with van der Waals surface area (Å²) in [5.41, 5.74) is 6.14. The summed E-state index contributed by atoms with van der Waals surface area (Å²) in [4.78, 5) is 16.0. The minimum Gasteiger partial charge on any atom is -0.348 e. The van der Waals surface area contributed by atoms with E-state index in [0.717, 1.165) is 23.7 Å². The van der Waals surface area contributed by atoms with Gasteiger partial charge in [0.05, 0.1) is 0 Å². The first-order chi connectivity index (χ1) is 8.20. The smallest absolute Gasteiger partial charge is 0.270 e. The highest BCUT2D eigenvalue weighted by atomic mass is 79.9. The molecule has 2 atom stereocenters. The first-order valence-electron chi connectivity index (χ1n) is 5.83. The van der Waals surface area contributed by atoms with Crippen molar-refractivity contribution in [1.29, 1.82) is 0 Å². The molecule has 0 aliphatic heterocycles. The van der Waals surface area contributed by atoms with Crippen molar-refractivity contribution in [1.82, 2.24) is 10.3 Å². The fraction of sp³-hybridized carbons (Fsp3) is 0.500. The van der Waals surface area contributed by atoms with Gasteiger partial charge in [-0.3, -0.25) is 4.79 Å². The molecule has 1 fully saturated rings. The van der Waals surface area contributed by atoms with Crippen LogP contribution in [-0.4, -0.2) is 23.5 Å². The molecule has 1 saturated carbocycles. The largest absolute Gasteiger partial charge is 0.348 e. The van der Waals surface area contributed by atoms with E-state index in [4.69, 9.17) is 5.73 Å². The van der Waals surface area contributed by atoms with Crippen LogP contribution < -0.4 is 11.1 Å². The lowest BCUT2D eigenvalue weighted by molar-refractivity contribution is 0.0923. The van der Waals surface area contributed by atoms with Crippen LogP contribution in [0.1, 0.15) is 29.8 Å². The summed E-state index contributed by atoms with van der Waals surface area (Å²) < 4.78 is 0.870. The summed E-state index contributed by atoms with van der Waals surface area (Å²) in [5, 5.41) is 3.02. The Morgan fingerprint density at radius 2 is 2.35 bits per heavy atom. The minimum atomic E-state index is -0.108. The lowest BCUT2D eigenvalue weighted by Gasteiger charge is -2.19. The summed E-state index contributed by atoms with van der Waals surface area (Å²) in [7, 11) is 0. The molecule has 92 valence electrons. The molecule has 0 spiro atoms. The van der Waals surface area contributed by atoms with Gasteiger partial charge < -0.3 is 11.1 Å². The number of nitrogens with zero attached hydrogens (tertiary/aromatic N) is 1. The molecule has 1 aliphatic rings. The normalized spacial score (nSPS) is 23.6. The van der Waals surface area contributed by atoms with Crippen LogP contribution in [-0.2, 0) is 0 Å². The molecule has 1 amide bonds. The Morgan fingerprint density at radius 3 is 3.00 bits per heavy atom. The van der Waals surface area contributed by atoms with E-state index in [1.54, 1.807) is 12.3 Å². The Balaban J connectivity index is 1.99. The van der Waals surface area contributed by atoms with Crippen molar-refractivity contribution < 1.29 is 4.79 Å². The number of carbonyl (C=O) groups is 1. The second-order valence-electron chi connectivity index (χ2n) is 4.37. The first-order valence-corrected chi connectivity index (χ1v) is 6.62. The van der Waals surface area contributed by atoms with Crippen molar-refractivity contribution in [2.75, 3.05) is 6.54 Å². The zero-order chi connectivity index (χ0) is 12.3. The summed E-state index contributed by atoms with van der Waals surface area (Å²) in [5.74, 6) is 0.303. The summed E-state index contributed by atoms with van der Waals surface area (Å²) >= 11 is 3.29. The number of hydrogen-bond donors (Lipinski definition) is 2. The molecule has 0 saturated heterocycles. The van der Waals surface area contributed by atoms with E-state index in [1.807, 2.05) is 6.07 Å². The Morgan fingerprint density at radius 1 is 1.53 bits per heavy atom. The third kappa shape index (κ3) is 3.04. The zero-order valence-corrected chi connectivity index (χ0v) is 11.1. The van der Waals surface area contributed by atoms with Crippen LogP contribution in [0.2, 0.25) is 0 Å². The maximum absolute atomic E-state index is 11.9. The Kier molecular flexibility index (Phi) is 4.12. The predicted octanol–water partition coefficient (Wildman–Crippen LogP) is 1.70. The van der Waals surface area contributed by atoms with E-state index >= 15 is 0 Å². The lowest BCUT2D eigenvalue weighted by Crippen LogP contribution is -2.40. The maximum atomic E-state index is 11.9. The van der Waals surface area contributed by atoms with Crippen molar-refractivity contribution in [3.8, 4) is 0 Å². The third-order valence-corrected chi connectivity index (χ3v) is 3.71. The molecule has 2 unspecified atom stereocenters. The molecule has 0 radical (unpaired) electrons. The Hall–Kier alpha value is -0.940. The van der Waals surface area contributed by atoms with Gasteiger partial charge in [0.1, 0.15) is 5.69 Å². The quantitative estimate of drug-likeness (QED) is 0.892. The highest BCUT2D eigenvalue weighted by Gasteiger charge is 2.27. The van der Waals surface area contributed by atoms with Crippen molar-refractivity contribution in [2.24, 2.45) is 11.7 Å². The average Bonchev–Trinajstić information content (AvgIpc) is 2.77. The van der Waals surface area contributed by atoms with Gasteiger partial charge in [0, 0.05) is 16.7 Å². The van der Waals surface area contributed by atoms with E-state index in [1.165, 1.54) is 0 Å². The molecule has 1 aromatic heterocycles. The molecule has 1 aromatic rings. The molecule has 17 heavy (non-hydrogen) atoms. The monoisotopic (exact) mass is 297 g/mol. The molecular formula is C12H16BrN3O. The fourth-order valence-corrected chi connectivity index (χ4v) is 2.50. The number of nitrogens with two attached hydrogens (primary N) is 1. The standard InChI is InChI=1S/C12H16BrN3O/c13-9-4-5-11(15-7-9)12(17)16-10-3-1-2-8(10)6-14/h4-5,7-8,10H,1-3,6,14H2,(H,16,17). The van der Waals surface area contributed by atoms with Crippen LogP contribution in [0, 0.1) is 5.92 Å². The van der Waals surface area contributed by atoms with Gasteiger partial charge in [-0.05, 0) is 53.4 Å². The SMILES string of the molecule is NCC1CCCC1NC(=O)c1ccc(Br)cn1. The Bertz CT molecular complexity index is 393. The predicted molar refractivity (Wildman–Crippen MR) is 69.6 cm³/mol. The molecule has 0 aromatic carbocycles. The lowest BCUT2D eigenvalue weighted by atomic mass is 10.0. The van der Waals surface area contributed by atoms with E-state index in [2.05, 4.69) is 26.2 Å². The van der Waals surface area contributed by atoms with Gasteiger partial charge in [-0.15, -0.1) is 0 Å². The zero-order valence-electron chi connectivity index (χ0n) is 9.53. The summed E-state index contributed by atoms with van der Waals surface area (Å²) in [6.07, 6.45) is 4.89. The van der Waals surface area contributed by atoms with E-state index < -0.39 is 0 Å². The van der Waals surface area contributed by atoms with Gasteiger partial charge in [-0.1, -0.05) is 6.42 Å². The molecule has 3 N–H and O–H groups in total. The summed E-state index contributed by atoms with van der Waals surface area (Å²) in [6.45, 7) is 0.638. The number of rotatable bonds is 3. The van der Waals surface area contributed by atoms with Crippen molar-refractivity contribution in [3.63, 3.8) is 0 Å². The van der Waals surface area contributed by atoms with Crippen molar-refractivity contribution in [2.45, 2.75) is 25.3 Å². The van der Waals surface area contributed by atoms with Gasteiger partial charge >= 0.3 is 0 Å². The number of hydrogen-bond acceptors (Lipinski definition) is 3. The van der Waals surface area contributed by atoms with Gasteiger partial charge in [0.15, 0.2) is 0 Å². The van der Waals surface area contributed by atoms with Crippen LogP contribution in [0.25, 0.3) is 0 Å². The van der Waals surface area contributed by atoms with E-state index in [9.17, 15) is 4.79 Å². The third-order valence-electron chi connectivity index (χ3n) is 3.24. The number of nitrogens with one attached hydrogen (secondary N) is 1. The number of pyridine rings is 1. The average molecular weight is 298 g/mol. The number of carbonyl (C=O) groups excluding carboxylic acids is 1. The van der Waals surface area contributed by atoms with Crippen LogP contribution in [0.4, 0.5) is 0 Å². The van der Waals surface area contributed by atoms with Crippen molar-refractivity contribution >= 4 is 21.8 Å². The van der Waals surface area contributed by atoms with E-state index in [-0.39, 0.29) is 11.9 Å². The fourth-order valence-electron chi connectivity index (χ4n) is 2.26. The number of amides is 1. The van der Waals surface area contributed by atoms with Gasteiger partial charge in [0.2, 0.25) is 0 Å². The number of aromatic nitrogens is 1.